The van der Waals surface area contributed by atoms with Crippen LogP contribution in [0.5, 0.6) is 0 Å². The molecule has 10 heteroatoms. The highest BCUT2D eigenvalue weighted by Crippen LogP contribution is 2.32. The van der Waals surface area contributed by atoms with Crippen molar-refractivity contribution in [2.45, 2.75) is 48.5 Å². The van der Waals surface area contributed by atoms with Crippen LogP contribution in [0, 0.1) is 11.3 Å². The minimum absolute atomic E-state index is 0.0913. The zero-order valence-corrected chi connectivity index (χ0v) is 20.5. The van der Waals surface area contributed by atoms with Crippen LogP contribution >= 0.6 is 23.5 Å². The summed E-state index contributed by atoms with van der Waals surface area (Å²) in [5, 5.41) is 21.7. The fraction of sp³-hybridized carbons (Fsp3) is 0.292. The Labute approximate surface area is 205 Å². The van der Waals surface area contributed by atoms with Gasteiger partial charge in [0.05, 0.1) is 28.4 Å². The van der Waals surface area contributed by atoms with Crippen molar-refractivity contribution in [3.05, 3.63) is 58.9 Å². The van der Waals surface area contributed by atoms with Gasteiger partial charge in [0.25, 0.3) is 5.56 Å². The van der Waals surface area contributed by atoms with Crippen LogP contribution < -0.4 is 10.9 Å². The number of rotatable bonds is 9. The molecular weight excluding hydrogens is 468 g/mol. The summed E-state index contributed by atoms with van der Waals surface area (Å²) in [4.78, 5) is 26.7. The van der Waals surface area contributed by atoms with E-state index in [0.717, 1.165) is 22.5 Å². The standard InChI is InChI=1S/C24H24N6O2S2/c1-3-14-29-22(32)17-8-4-6-10-19(17)30-23(29)27-28-24(30)33-15-21(31)26-18-9-5-7-11-20(18)34-16(2)12-13-25/h4-11,16H,3,12,14-15H2,1-2H3,(H,26,31). The minimum atomic E-state index is -0.172. The molecule has 4 aromatic rings. The maximum atomic E-state index is 13.0. The zero-order chi connectivity index (χ0) is 24.1. The summed E-state index contributed by atoms with van der Waals surface area (Å²) in [6.45, 7) is 4.53. The van der Waals surface area contributed by atoms with Crippen molar-refractivity contribution >= 4 is 51.8 Å². The summed E-state index contributed by atoms with van der Waals surface area (Å²) >= 11 is 2.83. The molecule has 0 saturated heterocycles. The van der Waals surface area contributed by atoms with Gasteiger partial charge in [0, 0.05) is 23.1 Å². The molecule has 0 bridgehead atoms. The second-order valence-electron chi connectivity index (χ2n) is 7.72. The third-order valence-corrected chi connectivity index (χ3v) is 7.23. The van der Waals surface area contributed by atoms with E-state index >= 15 is 0 Å². The van der Waals surface area contributed by atoms with Gasteiger partial charge in [0.1, 0.15) is 0 Å². The SMILES string of the molecule is CCCn1c(=O)c2ccccc2n2c(SCC(=O)Nc3ccccc3SC(C)CC#N)nnc12. The molecule has 1 N–H and O–H groups in total. The number of anilines is 1. The third-order valence-electron chi connectivity index (χ3n) is 5.13. The molecule has 4 rings (SSSR count). The number of aromatic nitrogens is 4. The summed E-state index contributed by atoms with van der Waals surface area (Å²) in [5.74, 6) is 0.435. The number of aryl methyl sites for hydroxylation is 1. The molecule has 0 saturated carbocycles. The van der Waals surface area contributed by atoms with Crippen molar-refractivity contribution in [3.8, 4) is 6.07 Å². The van der Waals surface area contributed by atoms with Gasteiger partial charge in [-0.2, -0.15) is 5.26 Å². The maximum absolute atomic E-state index is 13.0. The Balaban J connectivity index is 1.57. The van der Waals surface area contributed by atoms with E-state index in [4.69, 9.17) is 5.26 Å². The van der Waals surface area contributed by atoms with E-state index < -0.39 is 0 Å². The smallest absolute Gasteiger partial charge is 0.262 e. The molecule has 0 aliphatic rings. The van der Waals surface area contributed by atoms with Crippen LogP contribution in [0.15, 0.2) is 63.4 Å². The molecule has 0 aliphatic heterocycles. The fourth-order valence-electron chi connectivity index (χ4n) is 3.63. The van der Waals surface area contributed by atoms with E-state index in [0.29, 0.717) is 29.3 Å². The molecule has 1 unspecified atom stereocenters. The molecule has 0 fully saturated rings. The normalized spacial score (nSPS) is 12.0. The van der Waals surface area contributed by atoms with Crippen LogP contribution in [0.4, 0.5) is 5.69 Å². The van der Waals surface area contributed by atoms with Gasteiger partial charge < -0.3 is 5.32 Å². The predicted octanol–water partition coefficient (Wildman–Crippen LogP) is 4.58. The van der Waals surface area contributed by atoms with Crippen LogP contribution in [0.25, 0.3) is 16.7 Å². The topological polar surface area (TPSA) is 105 Å². The van der Waals surface area contributed by atoms with Gasteiger partial charge in [-0.05, 0) is 30.7 Å². The molecule has 2 heterocycles. The Hall–Kier alpha value is -3.29. The van der Waals surface area contributed by atoms with Crippen molar-refractivity contribution in [1.29, 1.82) is 5.26 Å². The minimum Gasteiger partial charge on any atom is -0.324 e. The molecule has 174 valence electrons. The molecule has 8 nitrogen and oxygen atoms in total. The second kappa shape index (κ2) is 10.8. The highest BCUT2D eigenvalue weighted by molar-refractivity contribution is 8.00. The predicted molar refractivity (Wildman–Crippen MR) is 136 cm³/mol. The fourth-order valence-corrected chi connectivity index (χ4v) is 5.36. The average molecular weight is 493 g/mol. The first-order valence-corrected chi connectivity index (χ1v) is 12.8. The number of thioether (sulfide) groups is 2. The van der Waals surface area contributed by atoms with Crippen LogP contribution in [0.2, 0.25) is 0 Å². The number of carbonyl (C=O) groups is 1. The Bertz CT molecular complexity index is 1440. The lowest BCUT2D eigenvalue weighted by molar-refractivity contribution is -0.113. The van der Waals surface area contributed by atoms with Gasteiger partial charge in [-0.1, -0.05) is 49.9 Å². The van der Waals surface area contributed by atoms with Crippen molar-refractivity contribution in [1.82, 2.24) is 19.2 Å². The lowest BCUT2D eigenvalue weighted by Crippen LogP contribution is -2.23. The summed E-state index contributed by atoms with van der Waals surface area (Å²) in [6.07, 6.45) is 1.22. The number of nitriles is 1. The summed E-state index contributed by atoms with van der Waals surface area (Å²) in [5.41, 5.74) is 1.35. The van der Waals surface area contributed by atoms with Crippen molar-refractivity contribution in [2.24, 2.45) is 0 Å². The maximum Gasteiger partial charge on any atom is 0.262 e. The molecule has 2 aromatic carbocycles. The molecule has 1 amide bonds. The highest BCUT2D eigenvalue weighted by atomic mass is 32.2. The van der Waals surface area contributed by atoms with E-state index in [2.05, 4.69) is 21.6 Å². The van der Waals surface area contributed by atoms with Crippen molar-refractivity contribution in [2.75, 3.05) is 11.1 Å². The highest BCUT2D eigenvalue weighted by Gasteiger charge is 2.18. The van der Waals surface area contributed by atoms with E-state index in [1.165, 1.54) is 11.8 Å². The largest absolute Gasteiger partial charge is 0.324 e. The summed E-state index contributed by atoms with van der Waals surface area (Å²) in [7, 11) is 0. The summed E-state index contributed by atoms with van der Waals surface area (Å²) < 4.78 is 3.48. The number of benzene rings is 2. The molecule has 0 aliphatic carbocycles. The quantitative estimate of drug-likeness (QED) is 0.341. The van der Waals surface area contributed by atoms with E-state index in [1.807, 2.05) is 60.7 Å². The number of fused-ring (bicyclic) bond motifs is 3. The Morgan fingerprint density at radius 3 is 2.74 bits per heavy atom. The van der Waals surface area contributed by atoms with Crippen LogP contribution in [0.3, 0.4) is 0 Å². The molecule has 2 aromatic heterocycles. The third kappa shape index (κ3) is 4.95. The number of carbonyl (C=O) groups excluding carboxylic acids is 1. The van der Waals surface area contributed by atoms with Gasteiger partial charge in [0.2, 0.25) is 11.7 Å². The van der Waals surface area contributed by atoms with E-state index in [-0.39, 0.29) is 22.5 Å². The van der Waals surface area contributed by atoms with Crippen molar-refractivity contribution in [3.63, 3.8) is 0 Å². The van der Waals surface area contributed by atoms with Gasteiger partial charge >= 0.3 is 0 Å². The monoisotopic (exact) mass is 492 g/mol. The first-order chi connectivity index (χ1) is 16.5. The lowest BCUT2D eigenvalue weighted by atomic mass is 10.2. The molecule has 0 spiro atoms. The first kappa shape index (κ1) is 23.9. The van der Waals surface area contributed by atoms with Gasteiger partial charge in [-0.15, -0.1) is 22.0 Å². The van der Waals surface area contributed by atoms with Gasteiger partial charge in [-0.25, -0.2) is 0 Å². The van der Waals surface area contributed by atoms with Crippen molar-refractivity contribution < 1.29 is 4.79 Å². The Morgan fingerprint density at radius 1 is 1.18 bits per heavy atom. The number of hydrogen-bond donors (Lipinski definition) is 1. The first-order valence-electron chi connectivity index (χ1n) is 11.0. The zero-order valence-electron chi connectivity index (χ0n) is 18.9. The number of nitrogens with one attached hydrogen (secondary N) is 1. The molecule has 1 atom stereocenters. The van der Waals surface area contributed by atoms with Gasteiger partial charge in [0.15, 0.2) is 5.16 Å². The Morgan fingerprint density at radius 2 is 1.94 bits per heavy atom. The molecule has 34 heavy (non-hydrogen) atoms. The second-order valence-corrected chi connectivity index (χ2v) is 10.1. The average Bonchev–Trinajstić information content (AvgIpc) is 3.26. The Kier molecular flexibility index (Phi) is 7.55. The van der Waals surface area contributed by atoms with Crippen LogP contribution in [-0.2, 0) is 11.3 Å². The van der Waals surface area contributed by atoms with Gasteiger partial charge in [-0.3, -0.25) is 18.6 Å². The van der Waals surface area contributed by atoms with E-state index in [1.54, 1.807) is 22.4 Å². The number of para-hydroxylation sites is 2. The lowest BCUT2D eigenvalue weighted by Gasteiger charge is -2.13. The molecule has 0 radical (unpaired) electrons. The molecular formula is C24H24N6O2S2. The number of amides is 1. The number of hydrogen-bond acceptors (Lipinski definition) is 7. The van der Waals surface area contributed by atoms with E-state index in [9.17, 15) is 9.59 Å². The number of nitrogens with zero attached hydrogens (tertiary/aromatic N) is 5. The summed E-state index contributed by atoms with van der Waals surface area (Å²) in [6, 6.07) is 17.1. The van der Waals surface area contributed by atoms with Crippen LogP contribution in [-0.4, -0.2) is 36.1 Å². The van der Waals surface area contributed by atoms with Crippen LogP contribution in [0.1, 0.15) is 26.7 Å².